The van der Waals surface area contributed by atoms with Gasteiger partial charge in [-0.2, -0.15) is 0 Å². The first-order chi connectivity index (χ1) is 12.0. The Kier molecular flexibility index (Phi) is 4.61. The van der Waals surface area contributed by atoms with E-state index in [-0.39, 0.29) is 23.8 Å². The molecule has 3 heterocycles. The maximum atomic E-state index is 12.7. The molecule has 2 aromatic heterocycles. The number of carbonyl (C=O) groups excluding carboxylic acids is 2. The van der Waals surface area contributed by atoms with Crippen LogP contribution >= 0.6 is 0 Å². The quantitative estimate of drug-likeness (QED) is 0.907. The van der Waals surface area contributed by atoms with Gasteiger partial charge in [-0.15, -0.1) is 0 Å². The van der Waals surface area contributed by atoms with Crippen LogP contribution in [0.15, 0.2) is 60.3 Å². The largest absolute Gasteiger partial charge is 0.503 e. The Morgan fingerprint density at radius 1 is 1.20 bits per heavy atom. The van der Waals surface area contributed by atoms with Crippen LogP contribution in [0.1, 0.15) is 31.1 Å². The number of aromatic nitrogens is 2. The number of aliphatic hydroxyl groups excluding tert-OH is 1. The molecule has 0 aromatic carbocycles. The number of pyridine rings is 2. The zero-order chi connectivity index (χ0) is 18.0. The minimum atomic E-state index is -0.697. The van der Waals surface area contributed by atoms with Crippen LogP contribution in [0.5, 0.6) is 0 Å². The SMILES string of the molecule is CC(C)C(=O)C1=C(O)C(=O)N(Cc2ccncc2)C1c1ccccn1. The molecule has 6 nitrogen and oxygen atoms in total. The molecule has 0 radical (unpaired) electrons. The zero-order valence-corrected chi connectivity index (χ0v) is 14.1. The molecule has 0 saturated carbocycles. The van der Waals surface area contributed by atoms with E-state index in [9.17, 15) is 14.7 Å². The molecule has 1 amide bonds. The van der Waals surface area contributed by atoms with Crippen LogP contribution in [0, 0.1) is 5.92 Å². The number of aliphatic hydroxyl groups is 1. The van der Waals surface area contributed by atoms with E-state index in [2.05, 4.69) is 9.97 Å². The molecule has 1 aliphatic heterocycles. The highest BCUT2D eigenvalue weighted by atomic mass is 16.3. The number of nitrogens with zero attached hydrogens (tertiary/aromatic N) is 3. The molecule has 0 aliphatic carbocycles. The summed E-state index contributed by atoms with van der Waals surface area (Å²) in [5.74, 6) is -1.63. The molecule has 0 saturated heterocycles. The first-order valence-electron chi connectivity index (χ1n) is 8.09. The third-order valence-electron chi connectivity index (χ3n) is 4.16. The molecule has 0 fully saturated rings. The molecular weight excluding hydrogens is 318 g/mol. The molecule has 128 valence electrons. The Labute approximate surface area is 145 Å². The Balaban J connectivity index is 2.06. The number of amides is 1. The van der Waals surface area contributed by atoms with E-state index >= 15 is 0 Å². The van der Waals surface area contributed by atoms with Crippen LogP contribution in [0.25, 0.3) is 0 Å². The van der Waals surface area contributed by atoms with Gasteiger partial charge in [-0.05, 0) is 29.8 Å². The van der Waals surface area contributed by atoms with Gasteiger partial charge in [0.15, 0.2) is 11.5 Å². The monoisotopic (exact) mass is 337 g/mol. The highest BCUT2D eigenvalue weighted by Crippen LogP contribution is 2.38. The first kappa shape index (κ1) is 16.8. The molecule has 1 atom stereocenters. The average molecular weight is 337 g/mol. The van der Waals surface area contributed by atoms with E-state index in [1.54, 1.807) is 62.8 Å². The van der Waals surface area contributed by atoms with Crippen molar-refractivity contribution in [1.82, 2.24) is 14.9 Å². The van der Waals surface area contributed by atoms with Crippen molar-refractivity contribution in [3.8, 4) is 0 Å². The van der Waals surface area contributed by atoms with Crippen molar-refractivity contribution >= 4 is 11.7 Å². The number of ketones is 1. The fraction of sp³-hybridized carbons (Fsp3) is 0.263. The van der Waals surface area contributed by atoms with Gasteiger partial charge in [0.1, 0.15) is 6.04 Å². The minimum absolute atomic E-state index is 0.118. The topological polar surface area (TPSA) is 83.4 Å². The third kappa shape index (κ3) is 3.15. The zero-order valence-electron chi connectivity index (χ0n) is 14.1. The van der Waals surface area contributed by atoms with Crippen LogP contribution in [-0.4, -0.2) is 31.7 Å². The van der Waals surface area contributed by atoms with Gasteiger partial charge in [-0.25, -0.2) is 0 Å². The lowest BCUT2D eigenvalue weighted by atomic mass is 9.93. The van der Waals surface area contributed by atoms with Crippen molar-refractivity contribution in [1.29, 1.82) is 0 Å². The molecule has 0 spiro atoms. The standard InChI is InChI=1S/C19H19N3O3/c1-12(2)17(23)15-16(14-5-3-4-8-21-14)22(19(25)18(15)24)11-13-6-9-20-10-7-13/h3-10,12,16,24H,11H2,1-2H3. The Morgan fingerprint density at radius 2 is 1.92 bits per heavy atom. The van der Waals surface area contributed by atoms with Gasteiger partial charge in [0, 0.05) is 31.1 Å². The van der Waals surface area contributed by atoms with Crippen LogP contribution in [0.3, 0.4) is 0 Å². The van der Waals surface area contributed by atoms with Gasteiger partial charge >= 0.3 is 0 Å². The van der Waals surface area contributed by atoms with Crippen LogP contribution in [-0.2, 0) is 16.1 Å². The number of hydrogen-bond donors (Lipinski definition) is 1. The van der Waals surface area contributed by atoms with Gasteiger partial charge in [0.2, 0.25) is 0 Å². The van der Waals surface area contributed by atoms with E-state index in [4.69, 9.17) is 0 Å². The van der Waals surface area contributed by atoms with Crippen molar-refractivity contribution in [2.45, 2.75) is 26.4 Å². The molecule has 3 rings (SSSR count). The smallest absolute Gasteiger partial charge is 0.290 e. The summed E-state index contributed by atoms with van der Waals surface area (Å²) in [6, 6.07) is 8.20. The Hall–Kier alpha value is -3.02. The van der Waals surface area contributed by atoms with Crippen molar-refractivity contribution in [3.05, 3.63) is 71.5 Å². The summed E-state index contributed by atoms with van der Waals surface area (Å²) in [5, 5.41) is 10.4. The highest BCUT2D eigenvalue weighted by Gasteiger charge is 2.44. The lowest BCUT2D eigenvalue weighted by Crippen LogP contribution is -2.31. The van der Waals surface area contributed by atoms with Crippen LogP contribution in [0.4, 0.5) is 0 Å². The van der Waals surface area contributed by atoms with E-state index < -0.39 is 17.7 Å². The molecule has 0 bridgehead atoms. The number of rotatable bonds is 5. The molecule has 25 heavy (non-hydrogen) atoms. The van der Waals surface area contributed by atoms with Crippen molar-refractivity contribution in [2.24, 2.45) is 5.92 Å². The molecular formula is C19H19N3O3. The Bertz CT molecular complexity index is 816. The summed E-state index contributed by atoms with van der Waals surface area (Å²) in [6.45, 7) is 3.74. The third-order valence-corrected chi connectivity index (χ3v) is 4.16. The lowest BCUT2D eigenvalue weighted by Gasteiger charge is -2.26. The molecule has 1 unspecified atom stereocenters. The summed E-state index contributed by atoms with van der Waals surface area (Å²) in [5.41, 5.74) is 1.53. The number of Topliss-reactive ketones (excluding diaryl/α,β-unsaturated/α-hetero) is 1. The summed E-state index contributed by atoms with van der Waals surface area (Å²) in [7, 11) is 0. The predicted molar refractivity (Wildman–Crippen MR) is 91.3 cm³/mol. The van der Waals surface area contributed by atoms with Gasteiger partial charge in [-0.3, -0.25) is 19.6 Å². The first-order valence-corrected chi connectivity index (χ1v) is 8.09. The van der Waals surface area contributed by atoms with Gasteiger partial charge < -0.3 is 10.0 Å². The lowest BCUT2D eigenvalue weighted by molar-refractivity contribution is -0.130. The maximum absolute atomic E-state index is 12.7. The summed E-state index contributed by atoms with van der Waals surface area (Å²) in [6.07, 6.45) is 4.88. The molecule has 1 N–H and O–H groups in total. The minimum Gasteiger partial charge on any atom is -0.503 e. The van der Waals surface area contributed by atoms with Crippen molar-refractivity contribution in [2.75, 3.05) is 0 Å². The number of hydrogen-bond acceptors (Lipinski definition) is 5. The molecule has 1 aliphatic rings. The van der Waals surface area contributed by atoms with E-state index in [1.807, 2.05) is 0 Å². The second-order valence-corrected chi connectivity index (χ2v) is 6.23. The second-order valence-electron chi connectivity index (χ2n) is 6.23. The predicted octanol–water partition coefficient (Wildman–Crippen LogP) is 2.60. The number of carbonyl (C=O) groups is 2. The molecule has 6 heteroatoms. The second kappa shape index (κ2) is 6.84. The van der Waals surface area contributed by atoms with Crippen molar-refractivity contribution < 1.29 is 14.7 Å². The van der Waals surface area contributed by atoms with Gasteiger partial charge in [0.25, 0.3) is 5.91 Å². The summed E-state index contributed by atoms with van der Waals surface area (Å²) >= 11 is 0. The summed E-state index contributed by atoms with van der Waals surface area (Å²) in [4.78, 5) is 35.1. The Morgan fingerprint density at radius 3 is 2.52 bits per heavy atom. The van der Waals surface area contributed by atoms with Gasteiger partial charge in [-0.1, -0.05) is 19.9 Å². The summed E-state index contributed by atoms with van der Waals surface area (Å²) < 4.78 is 0. The molecule has 2 aromatic rings. The van der Waals surface area contributed by atoms with Crippen molar-refractivity contribution in [3.63, 3.8) is 0 Å². The van der Waals surface area contributed by atoms with Crippen LogP contribution < -0.4 is 0 Å². The van der Waals surface area contributed by atoms with E-state index in [0.29, 0.717) is 5.69 Å². The van der Waals surface area contributed by atoms with E-state index in [0.717, 1.165) is 5.56 Å². The van der Waals surface area contributed by atoms with Gasteiger partial charge in [0.05, 0.1) is 11.3 Å². The highest BCUT2D eigenvalue weighted by molar-refractivity contribution is 6.09. The fourth-order valence-corrected chi connectivity index (χ4v) is 2.91. The normalized spacial score (nSPS) is 17.5. The fourth-order valence-electron chi connectivity index (χ4n) is 2.91. The average Bonchev–Trinajstić information content (AvgIpc) is 2.87. The van der Waals surface area contributed by atoms with Crippen LogP contribution in [0.2, 0.25) is 0 Å². The maximum Gasteiger partial charge on any atom is 0.290 e. The van der Waals surface area contributed by atoms with E-state index in [1.165, 1.54) is 4.90 Å².